The van der Waals surface area contributed by atoms with Crippen molar-refractivity contribution in [1.29, 1.82) is 0 Å². The largest absolute Gasteiger partial charge is 0.465 e. The van der Waals surface area contributed by atoms with Crippen molar-refractivity contribution in [2.24, 2.45) is 5.41 Å². The number of hydrogen-bond acceptors (Lipinski definition) is 6. The van der Waals surface area contributed by atoms with E-state index in [-0.39, 0.29) is 23.9 Å². The minimum Gasteiger partial charge on any atom is -0.465 e. The maximum Gasteiger partial charge on any atom is 0.341 e. The molecule has 7 heteroatoms. The maximum absolute atomic E-state index is 12.2. The van der Waals surface area contributed by atoms with E-state index in [2.05, 4.69) is 9.88 Å². The Morgan fingerprint density at radius 2 is 2.23 bits per heavy atom. The molecule has 1 amide bonds. The Morgan fingerprint density at radius 3 is 3.00 bits per heavy atom. The number of likely N-dealkylation sites (tertiary alicyclic amines) is 1. The van der Waals surface area contributed by atoms with E-state index in [1.54, 1.807) is 18.3 Å². The first kappa shape index (κ1) is 18.6. The van der Waals surface area contributed by atoms with Crippen LogP contribution in [0.5, 0.6) is 0 Å². The second kappa shape index (κ2) is 8.03. The summed E-state index contributed by atoms with van der Waals surface area (Å²) >= 11 is 0. The average Bonchev–Trinajstić information content (AvgIpc) is 2.68. The fourth-order valence-electron chi connectivity index (χ4n) is 4.21. The van der Waals surface area contributed by atoms with Gasteiger partial charge in [0.2, 0.25) is 5.91 Å². The molecule has 1 aromatic rings. The van der Waals surface area contributed by atoms with E-state index >= 15 is 0 Å². The van der Waals surface area contributed by atoms with Gasteiger partial charge in [-0.1, -0.05) is 0 Å². The second-order valence-corrected chi connectivity index (χ2v) is 7.28. The minimum atomic E-state index is -0.379. The SMILES string of the molecule is COC(=O)c1cccnc1N1CCC[C@@]2(CCC(=O)N(CCCO)C2)C1. The van der Waals surface area contributed by atoms with Crippen LogP contribution in [0.1, 0.15) is 42.5 Å². The third-order valence-electron chi connectivity index (χ3n) is 5.49. The van der Waals surface area contributed by atoms with E-state index < -0.39 is 0 Å². The number of carbonyl (C=O) groups is 2. The van der Waals surface area contributed by atoms with Crippen LogP contribution >= 0.6 is 0 Å². The number of esters is 1. The van der Waals surface area contributed by atoms with Gasteiger partial charge in [0.25, 0.3) is 0 Å². The number of aliphatic hydroxyl groups excluding tert-OH is 1. The first-order chi connectivity index (χ1) is 12.6. The average molecular weight is 361 g/mol. The van der Waals surface area contributed by atoms with E-state index in [1.165, 1.54) is 7.11 Å². The van der Waals surface area contributed by atoms with E-state index in [1.807, 2.05) is 4.90 Å². The van der Waals surface area contributed by atoms with Gasteiger partial charge in [-0.15, -0.1) is 0 Å². The Balaban J connectivity index is 1.79. The van der Waals surface area contributed by atoms with Crippen LogP contribution < -0.4 is 4.90 Å². The molecule has 1 atom stereocenters. The highest BCUT2D eigenvalue weighted by molar-refractivity contribution is 5.94. The van der Waals surface area contributed by atoms with Gasteiger partial charge in [0.1, 0.15) is 11.4 Å². The van der Waals surface area contributed by atoms with Crippen molar-refractivity contribution in [2.45, 2.75) is 32.1 Å². The Bertz CT molecular complexity index is 666. The summed E-state index contributed by atoms with van der Waals surface area (Å²) in [5.74, 6) is 0.461. The van der Waals surface area contributed by atoms with Crippen molar-refractivity contribution < 1.29 is 19.4 Å². The molecule has 2 fully saturated rings. The fraction of sp³-hybridized carbons (Fsp3) is 0.632. The molecule has 26 heavy (non-hydrogen) atoms. The van der Waals surface area contributed by atoms with Gasteiger partial charge in [-0.3, -0.25) is 4.79 Å². The molecule has 2 saturated heterocycles. The molecule has 0 unspecified atom stereocenters. The normalized spacial score (nSPS) is 23.4. The molecule has 0 bridgehead atoms. The van der Waals surface area contributed by atoms with Gasteiger partial charge in [0, 0.05) is 50.8 Å². The van der Waals surface area contributed by atoms with Crippen LogP contribution in [0.4, 0.5) is 5.82 Å². The summed E-state index contributed by atoms with van der Waals surface area (Å²) in [6, 6.07) is 3.48. The molecule has 3 rings (SSSR count). The molecule has 1 aromatic heterocycles. The van der Waals surface area contributed by atoms with Gasteiger partial charge in [-0.05, 0) is 37.8 Å². The van der Waals surface area contributed by atoms with Gasteiger partial charge < -0.3 is 19.6 Å². The summed E-state index contributed by atoms with van der Waals surface area (Å²) in [4.78, 5) is 32.8. The molecule has 1 N–H and O–H groups in total. The van der Waals surface area contributed by atoms with Crippen LogP contribution in [0.3, 0.4) is 0 Å². The van der Waals surface area contributed by atoms with E-state index in [0.717, 1.165) is 32.4 Å². The molecular weight excluding hydrogens is 334 g/mol. The molecule has 142 valence electrons. The Labute approximate surface area is 153 Å². The first-order valence-corrected chi connectivity index (χ1v) is 9.25. The zero-order chi connectivity index (χ0) is 18.6. The lowest BCUT2D eigenvalue weighted by Crippen LogP contribution is -2.54. The third kappa shape index (κ3) is 3.82. The molecule has 2 aliphatic heterocycles. The number of amides is 1. The van der Waals surface area contributed by atoms with E-state index in [9.17, 15) is 9.59 Å². The van der Waals surface area contributed by atoms with E-state index in [4.69, 9.17) is 9.84 Å². The van der Waals surface area contributed by atoms with Crippen molar-refractivity contribution in [3.05, 3.63) is 23.9 Å². The van der Waals surface area contributed by atoms with Crippen LogP contribution in [0.25, 0.3) is 0 Å². The molecular formula is C19H27N3O4. The number of hydrogen-bond donors (Lipinski definition) is 1. The summed E-state index contributed by atoms with van der Waals surface area (Å²) < 4.78 is 4.90. The van der Waals surface area contributed by atoms with Crippen molar-refractivity contribution in [3.63, 3.8) is 0 Å². The third-order valence-corrected chi connectivity index (χ3v) is 5.49. The van der Waals surface area contributed by atoms with Crippen molar-refractivity contribution >= 4 is 17.7 Å². The lowest BCUT2D eigenvalue weighted by atomic mass is 9.73. The summed E-state index contributed by atoms with van der Waals surface area (Å²) in [7, 11) is 1.38. The number of rotatable bonds is 5. The van der Waals surface area contributed by atoms with E-state index in [0.29, 0.717) is 37.3 Å². The lowest BCUT2D eigenvalue weighted by Gasteiger charge is -2.48. The van der Waals surface area contributed by atoms with Crippen molar-refractivity contribution in [2.75, 3.05) is 44.8 Å². The highest BCUT2D eigenvalue weighted by atomic mass is 16.5. The highest BCUT2D eigenvalue weighted by Gasteiger charge is 2.42. The van der Waals surface area contributed by atoms with Gasteiger partial charge in [0.05, 0.1) is 7.11 Å². The topological polar surface area (TPSA) is 83.0 Å². The van der Waals surface area contributed by atoms with Crippen LogP contribution in [0, 0.1) is 5.41 Å². The van der Waals surface area contributed by atoms with Crippen LogP contribution in [0.15, 0.2) is 18.3 Å². The maximum atomic E-state index is 12.2. The van der Waals surface area contributed by atoms with Gasteiger partial charge in [-0.25, -0.2) is 9.78 Å². The number of anilines is 1. The first-order valence-electron chi connectivity index (χ1n) is 9.25. The predicted octanol–water partition coefficient (Wildman–Crippen LogP) is 1.46. The summed E-state index contributed by atoms with van der Waals surface area (Å²) in [6.45, 7) is 3.03. The summed E-state index contributed by atoms with van der Waals surface area (Å²) in [5.41, 5.74) is 0.503. The molecule has 1 spiro atoms. The van der Waals surface area contributed by atoms with Crippen LogP contribution in [-0.4, -0.2) is 66.8 Å². The Hall–Kier alpha value is -2.15. The van der Waals surface area contributed by atoms with Crippen LogP contribution in [0.2, 0.25) is 0 Å². The number of methoxy groups -OCH3 is 1. The molecule has 2 aliphatic rings. The quantitative estimate of drug-likeness (QED) is 0.800. The van der Waals surface area contributed by atoms with Gasteiger partial charge in [0.15, 0.2) is 0 Å². The molecule has 7 nitrogen and oxygen atoms in total. The monoisotopic (exact) mass is 361 g/mol. The number of aromatic nitrogens is 1. The number of piperidine rings is 2. The standard InChI is InChI=1S/C19H27N3O4/c1-26-18(25)15-5-2-9-20-17(15)22-10-3-7-19(14-22)8-6-16(24)21(13-19)11-4-12-23/h2,5,9,23H,3-4,6-8,10-14H2,1H3/t19-/m0/s1. The van der Waals surface area contributed by atoms with Gasteiger partial charge in [-0.2, -0.15) is 0 Å². The number of carbonyl (C=O) groups excluding carboxylic acids is 2. The minimum absolute atomic E-state index is 0.0204. The molecule has 0 saturated carbocycles. The zero-order valence-electron chi connectivity index (χ0n) is 15.3. The molecule has 3 heterocycles. The smallest absolute Gasteiger partial charge is 0.341 e. The molecule has 0 radical (unpaired) electrons. The Morgan fingerprint density at radius 1 is 1.38 bits per heavy atom. The molecule has 0 aliphatic carbocycles. The highest BCUT2D eigenvalue weighted by Crippen LogP contribution is 2.40. The second-order valence-electron chi connectivity index (χ2n) is 7.28. The predicted molar refractivity (Wildman–Crippen MR) is 97.0 cm³/mol. The van der Waals surface area contributed by atoms with Crippen molar-refractivity contribution in [1.82, 2.24) is 9.88 Å². The molecule has 0 aromatic carbocycles. The summed E-state index contributed by atoms with van der Waals surface area (Å²) in [6.07, 6.45) is 5.77. The Kier molecular flexibility index (Phi) is 5.76. The summed E-state index contributed by atoms with van der Waals surface area (Å²) in [5, 5.41) is 9.08. The number of ether oxygens (including phenoxy) is 1. The number of pyridine rings is 1. The lowest BCUT2D eigenvalue weighted by molar-refractivity contribution is -0.138. The van der Waals surface area contributed by atoms with Crippen LogP contribution in [-0.2, 0) is 9.53 Å². The van der Waals surface area contributed by atoms with Gasteiger partial charge >= 0.3 is 5.97 Å². The fourth-order valence-corrected chi connectivity index (χ4v) is 4.21. The van der Waals surface area contributed by atoms with Crippen molar-refractivity contribution in [3.8, 4) is 0 Å². The zero-order valence-corrected chi connectivity index (χ0v) is 15.3. The number of nitrogens with zero attached hydrogens (tertiary/aromatic N) is 3. The number of aliphatic hydroxyl groups is 1.